The first-order valence-electron chi connectivity index (χ1n) is 7.91. The number of ether oxygens (including phenoxy) is 2. The molecule has 8 heteroatoms. The lowest BCUT2D eigenvalue weighted by Gasteiger charge is -2.17. The number of methoxy groups -OCH3 is 2. The van der Waals surface area contributed by atoms with Gasteiger partial charge in [-0.3, -0.25) is 9.59 Å². The predicted octanol–water partition coefficient (Wildman–Crippen LogP) is 2.13. The summed E-state index contributed by atoms with van der Waals surface area (Å²) in [6.07, 6.45) is 3.30. The molecule has 0 aliphatic carbocycles. The largest absolute Gasteiger partial charge is 0.493 e. The highest BCUT2D eigenvalue weighted by Gasteiger charge is 2.15. The van der Waals surface area contributed by atoms with E-state index in [0.717, 1.165) is 5.01 Å². The number of nitrogens with zero attached hydrogens (tertiary/aromatic N) is 3. The minimum absolute atomic E-state index is 0.0367. The van der Waals surface area contributed by atoms with Gasteiger partial charge < -0.3 is 18.9 Å². The molecule has 0 radical (unpaired) electrons. The van der Waals surface area contributed by atoms with Gasteiger partial charge in [0.1, 0.15) is 11.6 Å². The number of thiazole rings is 1. The van der Waals surface area contributed by atoms with Crippen LogP contribution in [0.5, 0.6) is 11.5 Å². The first kappa shape index (κ1) is 17.9. The van der Waals surface area contributed by atoms with E-state index in [0.29, 0.717) is 28.8 Å². The lowest BCUT2D eigenvalue weighted by molar-refractivity contribution is -0.131. The van der Waals surface area contributed by atoms with Gasteiger partial charge in [0.15, 0.2) is 11.5 Å². The van der Waals surface area contributed by atoms with Crippen molar-refractivity contribution in [1.29, 1.82) is 0 Å². The first-order valence-corrected chi connectivity index (χ1v) is 8.79. The molecule has 0 bridgehead atoms. The summed E-state index contributed by atoms with van der Waals surface area (Å²) in [6, 6.07) is 5.12. The van der Waals surface area contributed by atoms with Crippen molar-refractivity contribution in [2.75, 3.05) is 21.3 Å². The fraction of sp³-hybridized carbons (Fsp3) is 0.278. The molecule has 0 N–H and O–H groups in total. The van der Waals surface area contributed by atoms with E-state index >= 15 is 0 Å². The lowest BCUT2D eigenvalue weighted by atomic mass is 10.1. The molecule has 0 saturated heterocycles. The minimum atomic E-state index is -0.251. The Morgan fingerprint density at radius 3 is 2.69 bits per heavy atom. The van der Waals surface area contributed by atoms with Crippen LogP contribution in [0.25, 0.3) is 10.8 Å². The van der Waals surface area contributed by atoms with Gasteiger partial charge in [0.05, 0.1) is 26.2 Å². The molecule has 0 atom stereocenters. The predicted molar refractivity (Wildman–Crippen MR) is 99.9 cm³/mol. The van der Waals surface area contributed by atoms with Gasteiger partial charge in [0.2, 0.25) is 5.91 Å². The number of hydrogen-bond donors (Lipinski definition) is 0. The van der Waals surface area contributed by atoms with Gasteiger partial charge in [-0.05, 0) is 18.2 Å². The number of carbonyl (C=O) groups is 1. The van der Waals surface area contributed by atoms with Crippen LogP contribution >= 0.6 is 11.3 Å². The molecular formula is C18H19N3O4S. The van der Waals surface area contributed by atoms with Crippen molar-refractivity contribution in [3.8, 4) is 11.5 Å². The van der Waals surface area contributed by atoms with Crippen LogP contribution in [0.3, 0.4) is 0 Å². The van der Waals surface area contributed by atoms with Gasteiger partial charge in [0.25, 0.3) is 5.56 Å². The van der Waals surface area contributed by atoms with Gasteiger partial charge in [-0.1, -0.05) is 0 Å². The molecule has 3 rings (SSSR count). The van der Waals surface area contributed by atoms with Gasteiger partial charge in [0, 0.05) is 30.2 Å². The number of likely N-dealkylation sites (N-methyl/N-ethyl adjacent to an activating group) is 1. The third-order valence-corrected chi connectivity index (χ3v) is 4.85. The van der Waals surface area contributed by atoms with Crippen molar-refractivity contribution in [2.24, 2.45) is 0 Å². The Morgan fingerprint density at radius 1 is 1.23 bits per heavy atom. The van der Waals surface area contributed by atoms with Crippen LogP contribution in [0.4, 0.5) is 0 Å². The van der Waals surface area contributed by atoms with Crippen LogP contribution in [-0.4, -0.2) is 41.6 Å². The van der Waals surface area contributed by atoms with E-state index in [1.165, 1.54) is 23.0 Å². The normalized spacial score (nSPS) is 10.7. The van der Waals surface area contributed by atoms with E-state index in [4.69, 9.17) is 9.47 Å². The fourth-order valence-electron chi connectivity index (χ4n) is 2.70. The summed E-state index contributed by atoms with van der Waals surface area (Å²) in [5.41, 5.74) is -0.251. The summed E-state index contributed by atoms with van der Waals surface area (Å²) < 4.78 is 12.0. The van der Waals surface area contributed by atoms with Crippen LogP contribution in [0.2, 0.25) is 0 Å². The SMILES string of the molecule is COc1ccc2c(=O)n(CC(=O)N(C)Cc3nccs3)ccc2c1OC. The molecule has 2 heterocycles. The maximum absolute atomic E-state index is 12.8. The zero-order valence-corrected chi connectivity index (χ0v) is 15.6. The number of pyridine rings is 1. The van der Waals surface area contributed by atoms with Crippen LogP contribution < -0.4 is 15.0 Å². The molecule has 7 nitrogen and oxygen atoms in total. The molecule has 0 aliphatic heterocycles. The number of hydrogen-bond acceptors (Lipinski definition) is 6. The van der Waals surface area contributed by atoms with Crippen molar-refractivity contribution >= 4 is 28.0 Å². The van der Waals surface area contributed by atoms with Crippen LogP contribution in [0.1, 0.15) is 5.01 Å². The molecule has 136 valence electrons. The minimum Gasteiger partial charge on any atom is -0.493 e. The quantitative estimate of drug-likeness (QED) is 0.662. The van der Waals surface area contributed by atoms with Gasteiger partial charge in [-0.2, -0.15) is 0 Å². The Morgan fingerprint density at radius 2 is 2.04 bits per heavy atom. The molecule has 0 spiro atoms. The molecule has 3 aromatic rings. The number of aromatic nitrogens is 2. The first-order chi connectivity index (χ1) is 12.5. The number of rotatable bonds is 6. The summed E-state index contributed by atoms with van der Waals surface area (Å²) in [7, 11) is 4.77. The molecule has 1 aromatic carbocycles. The van der Waals surface area contributed by atoms with Gasteiger partial charge in [-0.25, -0.2) is 4.98 Å². The Kier molecular flexibility index (Phi) is 5.22. The van der Waals surface area contributed by atoms with Crippen molar-refractivity contribution in [1.82, 2.24) is 14.5 Å². The van der Waals surface area contributed by atoms with Crippen molar-refractivity contribution in [3.63, 3.8) is 0 Å². The molecule has 0 aliphatic rings. The Balaban J connectivity index is 1.88. The van der Waals surface area contributed by atoms with Crippen LogP contribution in [0.15, 0.2) is 40.8 Å². The van der Waals surface area contributed by atoms with E-state index in [-0.39, 0.29) is 18.0 Å². The van der Waals surface area contributed by atoms with Crippen LogP contribution in [0, 0.1) is 0 Å². The highest BCUT2D eigenvalue weighted by Crippen LogP contribution is 2.33. The number of fused-ring (bicyclic) bond motifs is 1. The summed E-state index contributed by atoms with van der Waals surface area (Å²) in [4.78, 5) is 30.9. The van der Waals surface area contributed by atoms with Crippen LogP contribution in [-0.2, 0) is 17.9 Å². The fourth-order valence-corrected chi connectivity index (χ4v) is 3.37. The van der Waals surface area contributed by atoms with E-state index in [1.807, 2.05) is 5.38 Å². The monoisotopic (exact) mass is 373 g/mol. The van der Waals surface area contributed by atoms with Crippen molar-refractivity contribution in [3.05, 3.63) is 51.3 Å². The summed E-state index contributed by atoms with van der Waals surface area (Å²) >= 11 is 1.49. The molecular weight excluding hydrogens is 354 g/mol. The Bertz CT molecular complexity index is 982. The third kappa shape index (κ3) is 3.41. The van der Waals surface area contributed by atoms with Gasteiger partial charge in [-0.15, -0.1) is 11.3 Å². The Labute approximate surface area is 154 Å². The molecule has 0 fully saturated rings. The average Bonchev–Trinajstić information content (AvgIpc) is 3.15. The van der Waals surface area contributed by atoms with E-state index in [1.54, 1.807) is 49.7 Å². The average molecular weight is 373 g/mol. The summed E-state index contributed by atoms with van der Waals surface area (Å²) in [5.74, 6) is 0.889. The van der Waals surface area contributed by atoms with E-state index in [9.17, 15) is 9.59 Å². The maximum Gasteiger partial charge on any atom is 0.259 e. The molecule has 2 aromatic heterocycles. The standard InChI is InChI=1S/C18H19N3O4S/c1-20(10-15-19-7-9-26-15)16(22)11-21-8-6-12-13(18(21)23)4-5-14(24-2)17(12)25-3/h4-9H,10-11H2,1-3H3. The van der Waals surface area contributed by atoms with Crippen molar-refractivity contribution < 1.29 is 14.3 Å². The molecule has 0 saturated carbocycles. The lowest BCUT2D eigenvalue weighted by Crippen LogP contribution is -2.33. The second kappa shape index (κ2) is 7.57. The van der Waals surface area contributed by atoms with Crippen molar-refractivity contribution in [2.45, 2.75) is 13.1 Å². The summed E-state index contributed by atoms with van der Waals surface area (Å²) in [6.45, 7) is 0.384. The Hall–Kier alpha value is -2.87. The highest BCUT2D eigenvalue weighted by atomic mass is 32.1. The zero-order chi connectivity index (χ0) is 18.7. The van der Waals surface area contributed by atoms with E-state index < -0.39 is 0 Å². The number of carbonyl (C=O) groups excluding carboxylic acids is 1. The number of benzene rings is 1. The molecule has 0 unspecified atom stereocenters. The second-order valence-electron chi connectivity index (χ2n) is 5.69. The molecule has 26 heavy (non-hydrogen) atoms. The van der Waals surface area contributed by atoms with Gasteiger partial charge >= 0.3 is 0 Å². The summed E-state index contributed by atoms with van der Waals surface area (Å²) in [5, 5.41) is 3.84. The smallest absolute Gasteiger partial charge is 0.259 e. The van der Waals surface area contributed by atoms with E-state index in [2.05, 4.69) is 4.98 Å². The molecule has 1 amide bonds. The third-order valence-electron chi connectivity index (χ3n) is 4.08. The highest BCUT2D eigenvalue weighted by molar-refractivity contribution is 7.09. The number of amides is 1. The maximum atomic E-state index is 12.8. The topological polar surface area (TPSA) is 73.7 Å². The second-order valence-corrected chi connectivity index (χ2v) is 6.67. The zero-order valence-electron chi connectivity index (χ0n) is 14.8.